The molecule has 178 valence electrons. The molecule has 1 N–H and O–H groups in total. The first kappa shape index (κ1) is 23.8. The molecule has 0 bridgehead atoms. The number of hydrogen-bond donors (Lipinski definition) is 1. The van der Waals surface area contributed by atoms with Crippen molar-refractivity contribution >= 4 is 17.6 Å². The number of anilines is 1. The van der Waals surface area contributed by atoms with Gasteiger partial charge in [-0.1, -0.05) is 43.3 Å². The number of hydrogen-bond acceptors (Lipinski definition) is 3. The maximum atomic E-state index is 13.6. The maximum absolute atomic E-state index is 13.6. The van der Waals surface area contributed by atoms with Crippen LogP contribution in [0.25, 0.3) is 16.9 Å². The summed E-state index contributed by atoms with van der Waals surface area (Å²) in [5, 5.41) is 7.42. The van der Waals surface area contributed by atoms with Crippen LogP contribution in [-0.2, 0) is 4.79 Å². The lowest BCUT2D eigenvalue weighted by Crippen LogP contribution is -2.38. The van der Waals surface area contributed by atoms with Crippen LogP contribution >= 0.6 is 0 Å². The highest BCUT2D eigenvalue weighted by Crippen LogP contribution is 2.25. The molecule has 0 radical (unpaired) electrons. The standard InChI is InChI=1S/C27H24F2N4O2/c1-2-15-32(27(35)20-9-6-10-22(29)16-20)18-26(34)30-25-17-24(19-7-4-3-5-8-19)31-33(25)23-13-11-21(28)12-14-23/h3-14,16-17H,2,15,18H2,1H3,(H,30,34). The number of carbonyl (C=O) groups is 2. The molecule has 0 saturated heterocycles. The molecule has 1 heterocycles. The number of nitrogens with zero attached hydrogens (tertiary/aromatic N) is 3. The third-order valence-electron chi connectivity index (χ3n) is 5.30. The Morgan fingerprint density at radius 3 is 2.34 bits per heavy atom. The predicted molar refractivity (Wildman–Crippen MR) is 130 cm³/mol. The number of aromatic nitrogens is 2. The summed E-state index contributed by atoms with van der Waals surface area (Å²) in [7, 11) is 0. The van der Waals surface area contributed by atoms with Crippen LogP contribution in [0.5, 0.6) is 0 Å². The van der Waals surface area contributed by atoms with E-state index in [1.54, 1.807) is 18.2 Å². The van der Waals surface area contributed by atoms with E-state index in [4.69, 9.17) is 0 Å². The van der Waals surface area contributed by atoms with E-state index in [0.29, 0.717) is 30.2 Å². The molecular weight excluding hydrogens is 450 g/mol. The zero-order chi connectivity index (χ0) is 24.8. The van der Waals surface area contributed by atoms with Crippen molar-refractivity contribution in [2.75, 3.05) is 18.4 Å². The molecule has 0 spiro atoms. The van der Waals surface area contributed by atoms with Gasteiger partial charge in [0.2, 0.25) is 5.91 Å². The monoisotopic (exact) mass is 474 g/mol. The van der Waals surface area contributed by atoms with E-state index in [0.717, 1.165) is 11.6 Å². The normalized spacial score (nSPS) is 10.7. The second kappa shape index (κ2) is 10.7. The number of benzene rings is 3. The molecule has 0 aliphatic rings. The van der Waals surface area contributed by atoms with Crippen LogP contribution in [0.1, 0.15) is 23.7 Å². The van der Waals surface area contributed by atoms with Crippen molar-refractivity contribution in [3.8, 4) is 16.9 Å². The van der Waals surface area contributed by atoms with Crippen LogP contribution < -0.4 is 5.32 Å². The molecule has 35 heavy (non-hydrogen) atoms. The minimum absolute atomic E-state index is 0.175. The second-order valence-corrected chi connectivity index (χ2v) is 7.95. The van der Waals surface area contributed by atoms with Gasteiger partial charge in [0, 0.05) is 23.7 Å². The number of rotatable bonds is 8. The molecule has 3 aromatic carbocycles. The molecule has 2 amide bonds. The van der Waals surface area contributed by atoms with Crippen molar-refractivity contribution in [2.24, 2.45) is 0 Å². The van der Waals surface area contributed by atoms with Gasteiger partial charge in [0.1, 0.15) is 24.0 Å². The zero-order valence-corrected chi connectivity index (χ0v) is 19.1. The van der Waals surface area contributed by atoms with Crippen molar-refractivity contribution in [1.82, 2.24) is 14.7 Å². The number of nitrogens with one attached hydrogen (secondary N) is 1. The maximum Gasteiger partial charge on any atom is 0.254 e. The Kier molecular flexibility index (Phi) is 7.30. The van der Waals surface area contributed by atoms with Crippen molar-refractivity contribution in [3.05, 3.63) is 102 Å². The molecule has 0 unspecified atom stereocenters. The topological polar surface area (TPSA) is 67.2 Å². The molecule has 1 aromatic heterocycles. The Morgan fingerprint density at radius 2 is 1.66 bits per heavy atom. The van der Waals surface area contributed by atoms with Crippen LogP contribution in [-0.4, -0.2) is 39.6 Å². The van der Waals surface area contributed by atoms with Crippen LogP contribution in [0.2, 0.25) is 0 Å². The Bertz CT molecular complexity index is 1320. The molecule has 0 aliphatic heterocycles. The minimum Gasteiger partial charge on any atom is -0.329 e. The molecule has 0 aliphatic carbocycles. The SMILES string of the molecule is CCCN(CC(=O)Nc1cc(-c2ccccc2)nn1-c1ccc(F)cc1)C(=O)c1cccc(F)c1. The number of amides is 2. The lowest BCUT2D eigenvalue weighted by Gasteiger charge is -2.22. The Morgan fingerprint density at radius 1 is 0.914 bits per heavy atom. The summed E-state index contributed by atoms with van der Waals surface area (Å²) in [6, 6.07) is 22.3. The van der Waals surface area contributed by atoms with Gasteiger partial charge in [-0.25, -0.2) is 13.5 Å². The predicted octanol–water partition coefficient (Wildman–Crippen LogP) is 5.31. The Balaban J connectivity index is 1.60. The fourth-order valence-corrected chi connectivity index (χ4v) is 3.68. The zero-order valence-electron chi connectivity index (χ0n) is 19.1. The fraction of sp³-hybridized carbons (Fsp3) is 0.148. The second-order valence-electron chi connectivity index (χ2n) is 7.95. The van der Waals surface area contributed by atoms with E-state index >= 15 is 0 Å². The minimum atomic E-state index is -0.520. The van der Waals surface area contributed by atoms with E-state index in [1.807, 2.05) is 37.3 Å². The summed E-state index contributed by atoms with van der Waals surface area (Å²) in [4.78, 5) is 27.3. The summed E-state index contributed by atoms with van der Waals surface area (Å²) in [6.07, 6.45) is 0.625. The summed E-state index contributed by atoms with van der Waals surface area (Å²) in [5.74, 6) is -1.41. The van der Waals surface area contributed by atoms with Gasteiger partial charge >= 0.3 is 0 Å². The van der Waals surface area contributed by atoms with Gasteiger partial charge in [-0.15, -0.1) is 0 Å². The molecule has 6 nitrogen and oxygen atoms in total. The van der Waals surface area contributed by atoms with Crippen molar-refractivity contribution < 1.29 is 18.4 Å². The lowest BCUT2D eigenvalue weighted by atomic mass is 10.1. The van der Waals surface area contributed by atoms with Gasteiger partial charge in [-0.2, -0.15) is 5.10 Å². The van der Waals surface area contributed by atoms with Crippen molar-refractivity contribution in [2.45, 2.75) is 13.3 Å². The number of carbonyl (C=O) groups excluding carboxylic acids is 2. The van der Waals surface area contributed by atoms with Crippen LogP contribution in [0.15, 0.2) is 84.9 Å². The smallest absolute Gasteiger partial charge is 0.254 e. The van der Waals surface area contributed by atoms with Gasteiger partial charge < -0.3 is 10.2 Å². The summed E-state index contributed by atoms with van der Waals surface area (Å²) < 4.78 is 28.6. The van der Waals surface area contributed by atoms with Crippen molar-refractivity contribution in [1.29, 1.82) is 0 Å². The van der Waals surface area contributed by atoms with E-state index in [2.05, 4.69) is 10.4 Å². The number of halogens is 2. The molecule has 0 saturated carbocycles. The molecule has 0 fully saturated rings. The average molecular weight is 475 g/mol. The third kappa shape index (κ3) is 5.78. The van der Waals surface area contributed by atoms with E-state index in [9.17, 15) is 18.4 Å². The average Bonchev–Trinajstić information content (AvgIpc) is 3.28. The first-order chi connectivity index (χ1) is 16.9. The Hall–Kier alpha value is -4.33. The third-order valence-corrected chi connectivity index (χ3v) is 5.30. The van der Waals surface area contributed by atoms with Crippen molar-refractivity contribution in [3.63, 3.8) is 0 Å². The van der Waals surface area contributed by atoms with Gasteiger partial charge in [-0.05, 0) is 48.9 Å². The summed E-state index contributed by atoms with van der Waals surface area (Å²) >= 11 is 0. The fourth-order valence-electron chi connectivity index (χ4n) is 3.68. The van der Waals surface area contributed by atoms with Gasteiger partial charge in [0.05, 0.1) is 11.4 Å². The Labute approximate surface area is 201 Å². The first-order valence-electron chi connectivity index (χ1n) is 11.2. The summed E-state index contributed by atoms with van der Waals surface area (Å²) in [6.45, 7) is 1.99. The van der Waals surface area contributed by atoms with E-state index in [-0.39, 0.29) is 17.9 Å². The largest absolute Gasteiger partial charge is 0.329 e. The van der Waals surface area contributed by atoms with E-state index < -0.39 is 17.6 Å². The van der Waals surface area contributed by atoms with Gasteiger partial charge in [0.25, 0.3) is 5.91 Å². The summed E-state index contributed by atoms with van der Waals surface area (Å²) in [5.41, 5.74) is 2.20. The first-order valence-corrected chi connectivity index (χ1v) is 11.2. The quantitative estimate of drug-likeness (QED) is 0.376. The molecule has 4 aromatic rings. The lowest BCUT2D eigenvalue weighted by molar-refractivity contribution is -0.116. The molecule has 4 rings (SSSR count). The highest BCUT2D eigenvalue weighted by Gasteiger charge is 2.20. The van der Waals surface area contributed by atoms with Crippen LogP contribution in [0, 0.1) is 11.6 Å². The van der Waals surface area contributed by atoms with Crippen LogP contribution in [0.4, 0.5) is 14.6 Å². The highest BCUT2D eigenvalue weighted by atomic mass is 19.1. The highest BCUT2D eigenvalue weighted by molar-refractivity contribution is 5.99. The molecule has 8 heteroatoms. The van der Waals surface area contributed by atoms with Gasteiger partial charge in [-0.3, -0.25) is 9.59 Å². The van der Waals surface area contributed by atoms with E-state index in [1.165, 1.54) is 39.9 Å². The van der Waals surface area contributed by atoms with Gasteiger partial charge in [0.15, 0.2) is 0 Å². The van der Waals surface area contributed by atoms with Crippen LogP contribution in [0.3, 0.4) is 0 Å². The molecular formula is C27H24F2N4O2. The molecule has 0 atom stereocenters.